The van der Waals surface area contributed by atoms with Gasteiger partial charge in [-0.2, -0.15) is 0 Å². The third kappa shape index (κ3) is 2.25. The number of methoxy groups -OCH3 is 1. The first-order chi connectivity index (χ1) is 7.10. The number of benzene rings is 1. The van der Waals surface area contributed by atoms with E-state index in [1.165, 1.54) is 26.2 Å². The molecule has 0 saturated carbocycles. The smallest absolute Gasteiger partial charge is 0.221 e. The Kier molecular flexibility index (Phi) is 3.28. The van der Waals surface area contributed by atoms with Crippen LogP contribution in [-0.2, 0) is 4.79 Å². The summed E-state index contributed by atoms with van der Waals surface area (Å²) in [5.41, 5.74) is 0.369. The summed E-state index contributed by atoms with van der Waals surface area (Å²) < 4.78 is 4.94. The average Bonchev–Trinajstić information content (AvgIpc) is 2.20. The molecule has 0 aliphatic rings. The molecular formula is C10H11NO4. The quantitative estimate of drug-likeness (QED) is 0.578. The number of ether oxygens (including phenoxy) is 1. The Bertz CT molecular complexity index is 401. The number of aromatic hydroxyl groups is 1. The molecule has 0 fully saturated rings. The van der Waals surface area contributed by atoms with Crippen LogP contribution in [0.5, 0.6) is 11.5 Å². The van der Waals surface area contributed by atoms with Gasteiger partial charge in [0, 0.05) is 6.92 Å². The van der Waals surface area contributed by atoms with Crippen LogP contribution in [0, 0.1) is 0 Å². The molecule has 1 aromatic rings. The molecule has 2 N–H and O–H groups in total. The Labute approximate surface area is 86.7 Å². The molecule has 0 aliphatic carbocycles. The molecule has 0 atom stereocenters. The maximum atomic E-state index is 10.9. The van der Waals surface area contributed by atoms with E-state index in [2.05, 4.69) is 5.32 Å². The van der Waals surface area contributed by atoms with E-state index in [0.717, 1.165) is 0 Å². The Morgan fingerprint density at radius 2 is 2.20 bits per heavy atom. The van der Waals surface area contributed by atoms with Crippen LogP contribution >= 0.6 is 0 Å². The summed E-state index contributed by atoms with van der Waals surface area (Å²) in [6.45, 7) is 1.30. The first kappa shape index (κ1) is 11.0. The van der Waals surface area contributed by atoms with Gasteiger partial charge in [-0.1, -0.05) is 0 Å². The number of phenolic OH excluding ortho intramolecular Hbond substituents is 1. The summed E-state index contributed by atoms with van der Waals surface area (Å²) in [6.07, 6.45) is 0.587. The molecule has 1 aromatic carbocycles. The second kappa shape index (κ2) is 4.45. The van der Waals surface area contributed by atoms with Gasteiger partial charge in [-0.3, -0.25) is 9.59 Å². The van der Waals surface area contributed by atoms with Gasteiger partial charge < -0.3 is 15.2 Å². The number of aldehydes is 1. The van der Waals surface area contributed by atoms with Crippen molar-refractivity contribution in [2.45, 2.75) is 6.92 Å². The minimum atomic E-state index is -0.355. The van der Waals surface area contributed by atoms with Crippen molar-refractivity contribution >= 4 is 17.9 Å². The van der Waals surface area contributed by atoms with Gasteiger partial charge in [0.25, 0.3) is 0 Å². The van der Waals surface area contributed by atoms with Crippen LogP contribution in [0.1, 0.15) is 17.3 Å². The molecule has 0 aliphatic heterocycles. The highest BCUT2D eigenvalue weighted by molar-refractivity contribution is 5.95. The highest BCUT2D eigenvalue weighted by Gasteiger charge is 2.14. The van der Waals surface area contributed by atoms with Crippen LogP contribution in [0.3, 0.4) is 0 Å². The second-order valence-corrected chi connectivity index (χ2v) is 2.88. The van der Waals surface area contributed by atoms with Crippen LogP contribution in [0.2, 0.25) is 0 Å². The molecule has 1 amide bonds. The Morgan fingerprint density at radius 3 is 2.67 bits per heavy atom. The third-order valence-electron chi connectivity index (χ3n) is 1.80. The zero-order valence-corrected chi connectivity index (χ0v) is 8.40. The number of carbonyl (C=O) groups excluding carboxylic acids is 2. The summed E-state index contributed by atoms with van der Waals surface area (Å²) in [5.74, 6) is -0.348. The minimum absolute atomic E-state index is 0.106. The lowest BCUT2D eigenvalue weighted by Gasteiger charge is -2.12. The summed E-state index contributed by atoms with van der Waals surface area (Å²) >= 11 is 0. The number of carbonyl (C=O) groups is 2. The maximum absolute atomic E-state index is 10.9. The van der Waals surface area contributed by atoms with Gasteiger partial charge >= 0.3 is 0 Å². The summed E-state index contributed by atoms with van der Waals surface area (Å²) in [6, 6.07) is 2.73. The number of nitrogens with one attached hydrogen (secondary N) is 1. The minimum Gasteiger partial charge on any atom is -0.506 e. The van der Waals surface area contributed by atoms with Gasteiger partial charge in [-0.25, -0.2) is 0 Å². The summed E-state index contributed by atoms with van der Waals surface area (Å²) in [4.78, 5) is 21.5. The molecule has 5 heteroatoms. The van der Waals surface area contributed by atoms with E-state index in [-0.39, 0.29) is 28.7 Å². The van der Waals surface area contributed by atoms with E-state index in [4.69, 9.17) is 4.74 Å². The predicted octanol–water partition coefficient (Wildman–Crippen LogP) is 1.17. The zero-order valence-electron chi connectivity index (χ0n) is 8.40. The fraction of sp³-hybridized carbons (Fsp3) is 0.200. The van der Waals surface area contributed by atoms with Crippen molar-refractivity contribution < 1.29 is 19.4 Å². The number of hydrogen-bond acceptors (Lipinski definition) is 4. The van der Waals surface area contributed by atoms with Crippen LogP contribution in [0.4, 0.5) is 5.69 Å². The molecule has 0 aromatic heterocycles. The van der Waals surface area contributed by atoms with E-state index >= 15 is 0 Å². The van der Waals surface area contributed by atoms with Gasteiger partial charge in [0.2, 0.25) is 5.91 Å². The van der Waals surface area contributed by atoms with E-state index in [9.17, 15) is 14.7 Å². The molecule has 1 rings (SSSR count). The monoisotopic (exact) mass is 209 g/mol. The van der Waals surface area contributed by atoms with Gasteiger partial charge in [-0.15, -0.1) is 0 Å². The summed E-state index contributed by atoms with van der Waals surface area (Å²) in [7, 11) is 1.35. The molecular weight excluding hydrogens is 198 g/mol. The lowest BCUT2D eigenvalue weighted by Crippen LogP contribution is -2.08. The maximum Gasteiger partial charge on any atom is 0.221 e. The van der Waals surface area contributed by atoms with E-state index in [0.29, 0.717) is 6.29 Å². The van der Waals surface area contributed by atoms with Gasteiger partial charge in [0.05, 0.1) is 12.7 Å². The van der Waals surface area contributed by atoms with Gasteiger partial charge in [0.1, 0.15) is 11.4 Å². The van der Waals surface area contributed by atoms with Crippen LogP contribution in [0.25, 0.3) is 0 Å². The van der Waals surface area contributed by atoms with E-state index < -0.39 is 0 Å². The molecule has 0 unspecified atom stereocenters. The number of hydrogen-bond donors (Lipinski definition) is 2. The molecule has 5 nitrogen and oxygen atoms in total. The zero-order chi connectivity index (χ0) is 11.4. The van der Waals surface area contributed by atoms with Gasteiger partial charge in [-0.05, 0) is 12.1 Å². The van der Waals surface area contributed by atoms with Crippen molar-refractivity contribution in [1.29, 1.82) is 0 Å². The molecule has 0 saturated heterocycles. The number of amides is 1. The average molecular weight is 209 g/mol. The lowest BCUT2D eigenvalue weighted by molar-refractivity contribution is -0.114. The molecule has 0 radical (unpaired) electrons. The molecule has 0 heterocycles. The van der Waals surface area contributed by atoms with Crippen molar-refractivity contribution in [2.24, 2.45) is 0 Å². The third-order valence-corrected chi connectivity index (χ3v) is 1.80. The van der Waals surface area contributed by atoms with Crippen molar-refractivity contribution in [3.05, 3.63) is 17.7 Å². The summed E-state index contributed by atoms with van der Waals surface area (Å²) in [5, 5.41) is 11.9. The van der Waals surface area contributed by atoms with Gasteiger partial charge in [0.15, 0.2) is 12.0 Å². The topological polar surface area (TPSA) is 75.6 Å². The fourth-order valence-corrected chi connectivity index (χ4v) is 1.20. The standard InChI is InChI=1S/C10H11NO4/c1-6(13)11-9-8(14)4-3-7(5-12)10(9)15-2/h3-5,14H,1-2H3,(H,11,13). The molecule has 0 bridgehead atoms. The normalized spacial score (nSPS) is 9.47. The Morgan fingerprint density at radius 1 is 1.53 bits per heavy atom. The van der Waals surface area contributed by atoms with Crippen molar-refractivity contribution in [1.82, 2.24) is 0 Å². The Hall–Kier alpha value is -2.04. The van der Waals surface area contributed by atoms with E-state index in [1.807, 2.05) is 0 Å². The number of rotatable bonds is 3. The van der Waals surface area contributed by atoms with E-state index in [1.54, 1.807) is 0 Å². The largest absolute Gasteiger partial charge is 0.506 e. The molecule has 80 valence electrons. The first-order valence-corrected chi connectivity index (χ1v) is 4.23. The molecule has 15 heavy (non-hydrogen) atoms. The lowest BCUT2D eigenvalue weighted by atomic mass is 10.1. The number of anilines is 1. The molecule has 0 spiro atoms. The Balaban J connectivity index is 3.31. The van der Waals surface area contributed by atoms with Crippen LogP contribution in [-0.4, -0.2) is 24.4 Å². The highest BCUT2D eigenvalue weighted by Crippen LogP contribution is 2.35. The number of phenols is 1. The van der Waals surface area contributed by atoms with Crippen molar-refractivity contribution in [3.8, 4) is 11.5 Å². The van der Waals surface area contributed by atoms with Crippen LogP contribution in [0.15, 0.2) is 12.1 Å². The predicted molar refractivity (Wildman–Crippen MR) is 54.4 cm³/mol. The highest BCUT2D eigenvalue weighted by atomic mass is 16.5. The second-order valence-electron chi connectivity index (χ2n) is 2.88. The van der Waals surface area contributed by atoms with Crippen molar-refractivity contribution in [2.75, 3.05) is 12.4 Å². The SMILES string of the molecule is COc1c(C=O)ccc(O)c1NC(C)=O. The van der Waals surface area contributed by atoms with Crippen LogP contribution < -0.4 is 10.1 Å². The first-order valence-electron chi connectivity index (χ1n) is 4.23. The fourth-order valence-electron chi connectivity index (χ4n) is 1.20. The van der Waals surface area contributed by atoms with Crippen molar-refractivity contribution in [3.63, 3.8) is 0 Å².